The molecular formula is C14H13N3OS. The van der Waals surface area contributed by atoms with E-state index in [4.69, 9.17) is 5.26 Å². The van der Waals surface area contributed by atoms with Gasteiger partial charge in [-0.25, -0.2) is 4.79 Å². The number of nitriles is 1. The largest absolute Gasteiger partial charge is 0.333 e. The monoisotopic (exact) mass is 271 g/mol. The first-order valence-electron chi connectivity index (χ1n) is 5.77. The normalized spacial score (nSPS) is 9.68. The maximum absolute atomic E-state index is 11.7. The minimum absolute atomic E-state index is 0.275. The number of amides is 2. The maximum Gasteiger partial charge on any atom is 0.319 e. The second-order valence-electron chi connectivity index (χ2n) is 4.03. The van der Waals surface area contributed by atoms with Crippen LogP contribution in [0.15, 0.2) is 35.7 Å². The number of urea groups is 1. The van der Waals surface area contributed by atoms with Crippen molar-refractivity contribution < 1.29 is 4.79 Å². The van der Waals surface area contributed by atoms with Crippen molar-refractivity contribution in [2.75, 3.05) is 5.32 Å². The molecule has 0 spiro atoms. The van der Waals surface area contributed by atoms with Crippen LogP contribution in [0.4, 0.5) is 10.5 Å². The zero-order valence-corrected chi connectivity index (χ0v) is 11.3. The summed E-state index contributed by atoms with van der Waals surface area (Å²) in [6.07, 6.45) is 0. The van der Waals surface area contributed by atoms with Crippen molar-refractivity contribution in [1.82, 2.24) is 5.32 Å². The molecule has 0 aliphatic heterocycles. The average molecular weight is 271 g/mol. The van der Waals surface area contributed by atoms with Gasteiger partial charge in [0.15, 0.2) is 0 Å². The zero-order chi connectivity index (χ0) is 13.7. The zero-order valence-electron chi connectivity index (χ0n) is 10.4. The fraction of sp³-hybridized carbons (Fsp3) is 0.143. The summed E-state index contributed by atoms with van der Waals surface area (Å²) in [5.41, 5.74) is 2.31. The molecule has 1 aromatic heterocycles. The Hall–Kier alpha value is -2.32. The molecule has 0 unspecified atom stereocenters. The number of anilines is 1. The van der Waals surface area contributed by atoms with Crippen LogP contribution in [-0.2, 0) is 6.54 Å². The molecule has 0 saturated heterocycles. The van der Waals surface area contributed by atoms with Gasteiger partial charge in [0.05, 0.1) is 18.2 Å². The van der Waals surface area contributed by atoms with Gasteiger partial charge in [0, 0.05) is 10.6 Å². The number of aryl methyl sites for hydroxylation is 1. The SMILES string of the molecule is Cc1ccsc1CNC(=O)Nc1cccc(C#N)c1. The van der Waals surface area contributed by atoms with Crippen LogP contribution in [0.1, 0.15) is 16.0 Å². The quantitative estimate of drug-likeness (QED) is 0.900. The Labute approximate surface area is 115 Å². The fourth-order valence-electron chi connectivity index (χ4n) is 1.59. The van der Waals surface area contributed by atoms with E-state index in [0.29, 0.717) is 17.8 Å². The number of rotatable bonds is 3. The van der Waals surface area contributed by atoms with Gasteiger partial charge in [-0.3, -0.25) is 0 Å². The van der Waals surface area contributed by atoms with Gasteiger partial charge in [0.1, 0.15) is 0 Å². The molecule has 0 aliphatic carbocycles. The molecule has 0 atom stereocenters. The van der Waals surface area contributed by atoms with E-state index in [0.717, 1.165) is 4.88 Å². The van der Waals surface area contributed by atoms with E-state index >= 15 is 0 Å². The number of hydrogen-bond donors (Lipinski definition) is 2. The second-order valence-corrected chi connectivity index (χ2v) is 5.03. The van der Waals surface area contributed by atoms with Crippen LogP contribution >= 0.6 is 11.3 Å². The molecule has 1 heterocycles. The summed E-state index contributed by atoms with van der Waals surface area (Å²) in [7, 11) is 0. The van der Waals surface area contributed by atoms with E-state index in [-0.39, 0.29) is 6.03 Å². The Morgan fingerprint density at radius 3 is 2.95 bits per heavy atom. The summed E-state index contributed by atoms with van der Waals surface area (Å²) >= 11 is 1.62. The van der Waals surface area contributed by atoms with Crippen LogP contribution in [0, 0.1) is 18.3 Å². The fourth-order valence-corrected chi connectivity index (χ4v) is 2.43. The molecule has 0 bridgehead atoms. The van der Waals surface area contributed by atoms with Crippen molar-refractivity contribution in [2.24, 2.45) is 0 Å². The van der Waals surface area contributed by atoms with Crippen LogP contribution in [0.5, 0.6) is 0 Å². The number of carbonyl (C=O) groups is 1. The third-order valence-corrected chi connectivity index (χ3v) is 3.65. The lowest BCUT2D eigenvalue weighted by Gasteiger charge is -2.07. The highest BCUT2D eigenvalue weighted by atomic mass is 32.1. The molecule has 96 valence electrons. The van der Waals surface area contributed by atoms with Crippen LogP contribution in [0.3, 0.4) is 0 Å². The molecule has 0 saturated carbocycles. The third kappa shape index (κ3) is 3.57. The summed E-state index contributed by atoms with van der Waals surface area (Å²) in [6, 6.07) is 10.6. The van der Waals surface area contributed by atoms with Gasteiger partial charge in [0.2, 0.25) is 0 Å². The standard InChI is InChI=1S/C14H13N3OS/c1-10-5-6-19-13(10)9-16-14(18)17-12-4-2-3-11(7-12)8-15/h2-7H,9H2,1H3,(H2,16,17,18). The molecule has 2 N–H and O–H groups in total. The second kappa shape index (κ2) is 6.03. The van der Waals surface area contributed by atoms with E-state index in [9.17, 15) is 4.79 Å². The number of carbonyl (C=O) groups excluding carboxylic acids is 1. The number of nitrogens with zero attached hydrogens (tertiary/aromatic N) is 1. The summed E-state index contributed by atoms with van der Waals surface area (Å²) in [5.74, 6) is 0. The summed E-state index contributed by atoms with van der Waals surface area (Å²) in [6.45, 7) is 2.52. The maximum atomic E-state index is 11.7. The van der Waals surface area contributed by atoms with Crippen molar-refractivity contribution in [2.45, 2.75) is 13.5 Å². The highest BCUT2D eigenvalue weighted by Gasteiger charge is 2.04. The van der Waals surface area contributed by atoms with Crippen LogP contribution in [0.2, 0.25) is 0 Å². The van der Waals surface area contributed by atoms with Gasteiger partial charge >= 0.3 is 6.03 Å². The molecule has 2 amide bonds. The number of nitrogens with one attached hydrogen (secondary N) is 2. The van der Waals surface area contributed by atoms with Gasteiger partial charge in [-0.2, -0.15) is 5.26 Å². The van der Waals surface area contributed by atoms with Crippen molar-refractivity contribution in [3.8, 4) is 6.07 Å². The molecule has 0 fully saturated rings. The smallest absolute Gasteiger partial charge is 0.319 e. The summed E-state index contributed by atoms with van der Waals surface area (Å²) in [5, 5.41) is 16.3. The first-order chi connectivity index (χ1) is 9.19. The highest BCUT2D eigenvalue weighted by Crippen LogP contribution is 2.15. The summed E-state index contributed by atoms with van der Waals surface area (Å²) < 4.78 is 0. The van der Waals surface area contributed by atoms with Crippen molar-refractivity contribution in [1.29, 1.82) is 5.26 Å². The van der Waals surface area contributed by atoms with E-state index in [1.807, 2.05) is 24.4 Å². The molecule has 19 heavy (non-hydrogen) atoms. The average Bonchev–Trinajstić information content (AvgIpc) is 2.82. The molecule has 0 aliphatic rings. The highest BCUT2D eigenvalue weighted by molar-refractivity contribution is 7.10. The topological polar surface area (TPSA) is 64.9 Å². The lowest BCUT2D eigenvalue weighted by molar-refractivity contribution is 0.252. The van der Waals surface area contributed by atoms with Gasteiger partial charge < -0.3 is 10.6 Å². The predicted octanol–water partition coefficient (Wildman–Crippen LogP) is 3.25. The molecule has 5 heteroatoms. The van der Waals surface area contributed by atoms with E-state index in [2.05, 4.69) is 10.6 Å². The number of hydrogen-bond acceptors (Lipinski definition) is 3. The van der Waals surface area contributed by atoms with Crippen molar-refractivity contribution in [3.05, 3.63) is 51.7 Å². The van der Waals surface area contributed by atoms with Gasteiger partial charge in [-0.1, -0.05) is 6.07 Å². The van der Waals surface area contributed by atoms with Crippen molar-refractivity contribution in [3.63, 3.8) is 0 Å². The predicted molar refractivity (Wildman–Crippen MR) is 76.1 cm³/mol. The van der Waals surface area contributed by atoms with Crippen LogP contribution < -0.4 is 10.6 Å². The number of benzene rings is 1. The van der Waals surface area contributed by atoms with E-state index < -0.39 is 0 Å². The molecular weight excluding hydrogens is 258 g/mol. The van der Waals surface area contributed by atoms with Gasteiger partial charge in [-0.05, 0) is 42.1 Å². The van der Waals surface area contributed by atoms with Crippen LogP contribution in [0.25, 0.3) is 0 Å². The first-order valence-corrected chi connectivity index (χ1v) is 6.65. The lowest BCUT2D eigenvalue weighted by Crippen LogP contribution is -2.28. The Balaban J connectivity index is 1.91. The first kappa shape index (κ1) is 13.1. The Bertz CT molecular complexity index is 628. The molecule has 2 rings (SSSR count). The van der Waals surface area contributed by atoms with Crippen molar-refractivity contribution >= 4 is 23.1 Å². The summed E-state index contributed by atoms with van der Waals surface area (Å²) in [4.78, 5) is 12.9. The van der Waals surface area contributed by atoms with Gasteiger partial charge in [0.25, 0.3) is 0 Å². The minimum atomic E-state index is -0.275. The minimum Gasteiger partial charge on any atom is -0.333 e. The number of thiophene rings is 1. The Kier molecular flexibility index (Phi) is 4.16. The Morgan fingerprint density at radius 1 is 1.42 bits per heavy atom. The Morgan fingerprint density at radius 2 is 2.26 bits per heavy atom. The van der Waals surface area contributed by atoms with E-state index in [1.165, 1.54) is 5.56 Å². The van der Waals surface area contributed by atoms with Crippen LogP contribution in [-0.4, -0.2) is 6.03 Å². The molecule has 4 nitrogen and oxygen atoms in total. The molecule has 0 radical (unpaired) electrons. The molecule has 1 aromatic carbocycles. The lowest BCUT2D eigenvalue weighted by atomic mass is 10.2. The van der Waals surface area contributed by atoms with Gasteiger partial charge in [-0.15, -0.1) is 11.3 Å². The third-order valence-electron chi connectivity index (χ3n) is 2.63. The molecule has 2 aromatic rings. The van der Waals surface area contributed by atoms with E-state index in [1.54, 1.807) is 35.6 Å².